The number of benzene rings is 1. The normalized spacial score (nSPS) is 13.5. The minimum absolute atomic E-state index is 0.0472. The van der Waals surface area contributed by atoms with Crippen LogP contribution < -0.4 is 9.47 Å². The number of ether oxygens (including phenoxy) is 2. The topological polar surface area (TPSA) is 84.4 Å². The molecular weight excluding hydrogens is 286 g/mol. The first-order chi connectivity index (χ1) is 9.86. The van der Waals surface area contributed by atoms with Gasteiger partial charge in [0.2, 0.25) is 6.79 Å². The van der Waals surface area contributed by atoms with E-state index >= 15 is 0 Å². The summed E-state index contributed by atoms with van der Waals surface area (Å²) in [6.07, 6.45) is 0. The fourth-order valence-corrected chi connectivity index (χ4v) is 2.09. The number of fused-ring (bicyclic) bond motifs is 1. The minimum atomic E-state index is -3.14. The SMILES string of the molecule is CC(F)(F)c1cc2c(cc1-c1cc(C(=O)O)[nH]n1)OCO2. The van der Waals surface area contributed by atoms with Crippen molar-refractivity contribution in [3.63, 3.8) is 0 Å². The molecule has 1 aromatic carbocycles. The molecule has 0 radical (unpaired) electrons. The Labute approximate surface area is 117 Å². The summed E-state index contributed by atoms with van der Waals surface area (Å²) in [6, 6.07) is 3.75. The lowest BCUT2D eigenvalue weighted by molar-refractivity contribution is 0.0178. The lowest BCUT2D eigenvalue weighted by Crippen LogP contribution is -2.09. The van der Waals surface area contributed by atoms with Gasteiger partial charge in [-0.15, -0.1) is 0 Å². The van der Waals surface area contributed by atoms with Crippen molar-refractivity contribution in [3.8, 4) is 22.8 Å². The van der Waals surface area contributed by atoms with Crippen LogP contribution in [0.5, 0.6) is 11.5 Å². The number of alkyl halides is 2. The number of H-pyrrole nitrogens is 1. The fourth-order valence-electron chi connectivity index (χ4n) is 2.09. The van der Waals surface area contributed by atoms with Gasteiger partial charge in [0.1, 0.15) is 5.69 Å². The van der Waals surface area contributed by atoms with E-state index in [1.54, 1.807) is 0 Å². The van der Waals surface area contributed by atoms with Crippen molar-refractivity contribution in [3.05, 3.63) is 29.5 Å². The van der Waals surface area contributed by atoms with Crippen molar-refractivity contribution in [2.45, 2.75) is 12.8 Å². The van der Waals surface area contributed by atoms with Gasteiger partial charge in [0.25, 0.3) is 5.92 Å². The molecule has 1 aliphatic rings. The molecular formula is C13H10F2N2O4. The zero-order valence-electron chi connectivity index (χ0n) is 10.8. The summed E-state index contributed by atoms with van der Waals surface area (Å²) in [5.41, 5.74) is -0.305. The van der Waals surface area contributed by atoms with E-state index in [0.29, 0.717) is 5.75 Å². The predicted octanol–water partition coefficient (Wildman–Crippen LogP) is 2.62. The van der Waals surface area contributed by atoms with Crippen molar-refractivity contribution >= 4 is 5.97 Å². The van der Waals surface area contributed by atoms with E-state index in [4.69, 9.17) is 14.6 Å². The third-order valence-corrected chi connectivity index (χ3v) is 3.07. The van der Waals surface area contributed by atoms with Gasteiger partial charge >= 0.3 is 5.97 Å². The number of carbonyl (C=O) groups is 1. The van der Waals surface area contributed by atoms with Crippen molar-refractivity contribution in [2.75, 3.05) is 6.79 Å². The van der Waals surface area contributed by atoms with Crippen LogP contribution in [0.25, 0.3) is 11.3 Å². The van der Waals surface area contributed by atoms with E-state index in [0.717, 1.165) is 6.92 Å². The van der Waals surface area contributed by atoms with Gasteiger partial charge in [0, 0.05) is 18.1 Å². The summed E-state index contributed by atoms with van der Waals surface area (Å²) in [7, 11) is 0. The number of nitrogens with zero attached hydrogens (tertiary/aromatic N) is 1. The van der Waals surface area contributed by atoms with Crippen LogP contribution in [0.4, 0.5) is 8.78 Å². The maximum absolute atomic E-state index is 13.8. The highest BCUT2D eigenvalue weighted by Gasteiger charge is 2.32. The number of aromatic carboxylic acids is 1. The molecule has 3 rings (SSSR count). The first-order valence-electron chi connectivity index (χ1n) is 5.97. The second kappa shape index (κ2) is 4.44. The molecule has 8 heteroatoms. The van der Waals surface area contributed by atoms with Crippen LogP contribution in [-0.4, -0.2) is 28.1 Å². The molecule has 0 saturated carbocycles. The van der Waals surface area contributed by atoms with Crippen LogP contribution in [0, 0.1) is 0 Å². The first-order valence-corrected chi connectivity index (χ1v) is 5.97. The first kappa shape index (κ1) is 13.3. The molecule has 110 valence electrons. The summed E-state index contributed by atoms with van der Waals surface area (Å²) >= 11 is 0. The molecule has 0 atom stereocenters. The maximum atomic E-state index is 13.8. The van der Waals surface area contributed by atoms with E-state index < -0.39 is 11.9 Å². The molecule has 0 aliphatic carbocycles. The molecule has 0 fully saturated rings. The summed E-state index contributed by atoms with van der Waals surface area (Å²) in [5, 5.41) is 14.9. The van der Waals surface area contributed by atoms with Crippen LogP contribution in [0.1, 0.15) is 23.0 Å². The quantitative estimate of drug-likeness (QED) is 0.909. The van der Waals surface area contributed by atoms with Gasteiger partial charge in [-0.2, -0.15) is 5.10 Å². The van der Waals surface area contributed by atoms with Crippen molar-refractivity contribution < 1.29 is 28.2 Å². The predicted molar refractivity (Wildman–Crippen MR) is 66.7 cm³/mol. The van der Waals surface area contributed by atoms with E-state index in [1.165, 1.54) is 18.2 Å². The second-order valence-electron chi connectivity index (χ2n) is 4.61. The number of aromatic nitrogens is 2. The average molecular weight is 296 g/mol. The van der Waals surface area contributed by atoms with Crippen LogP contribution >= 0.6 is 0 Å². The molecule has 0 saturated heterocycles. The maximum Gasteiger partial charge on any atom is 0.353 e. The molecule has 2 aromatic rings. The molecule has 0 bridgehead atoms. The fraction of sp³-hybridized carbons (Fsp3) is 0.231. The minimum Gasteiger partial charge on any atom is -0.477 e. The zero-order valence-corrected chi connectivity index (χ0v) is 10.8. The third kappa shape index (κ3) is 2.28. The van der Waals surface area contributed by atoms with E-state index in [-0.39, 0.29) is 35.1 Å². The highest BCUT2D eigenvalue weighted by atomic mass is 19.3. The number of aromatic amines is 1. The lowest BCUT2D eigenvalue weighted by atomic mass is 9.99. The summed E-state index contributed by atoms with van der Waals surface area (Å²) in [4.78, 5) is 10.9. The van der Waals surface area contributed by atoms with E-state index in [9.17, 15) is 13.6 Å². The van der Waals surface area contributed by atoms with E-state index in [2.05, 4.69) is 10.2 Å². The van der Waals surface area contributed by atoms with Crippen LogP contribution in [0.3, 0.4) is 0 Å². The molecule has 0 unspecified atom stereocenters. The van der Waals surface area contributed by atoms with Gasteiger partial charge < -0.3 is 14.6 Å². The van der Waals surface area contributed by atoms with Gasteiger partial charge in [-0.25, -0.2) is 13.6 Å². The van der Waals surface area contributed by atoms with Gasteiger partial charge in [0.05, 0.1) is 5.69 Å². The largest absolute Gasteiger partial charge is 0.477 e. The van der Waals surface area contributed by atoms with Crippen molar-refractivity contribution in [2.24, 2.45) is 0 Å². The molecule has 1 aromatic heterocycles. The Hall–Kier alpha value is -2.64. The standard InChI is InChI=1S/C13H10F2N2O4/c1-13(14,15)7-3-11-10(20-5-21-11)2-6(7)8-4-9(12(18)19)17-16-8/h2-4H,5H2,1H3,(H,16,17)(H,18,19). The number of nitrogens with one attached hydrogen (secondary N) is 1. The second-order valence-corrected chi connectivity index (χ2v) is 4.61. The van der Waals surface area contributed by atoms with Crippen LogP contribution in [0.15, 0.2) is 18.2 Å². The number of hydrogen-bond donors (Lipinski definition) is 2. The summed E-state index contributed by atoms with van der Waals surface area (Å²) < 4.78 is 37.8. The Morgan fingerprint density at radius 2 is 2.00 bits per heavy atom. The Morgan fingerprint density at radius 3 is 2.57 bits per heavy atom. The number of hydrogen-bond acceptors (Lipinski definition) is 4. The van der Waals surface area contributed by atoms with Crippen molar-refractivity contribution in [1.29, 1.82) is 0 Å². The number of carboxylic acid groups (broad SMARTS) is 1. The lowest BCUT2D eigenvalue weighted by Gasteiger charge is -2.15. The molecule has 0 spiro atoms. The van der Waals surface area contributed by atoms with Gasteiger partial charge in [-0.3, -0.25) is 5.10 Å². The van der Waals surface area contributed by atoms with Crippen molar-refractivity contribution in [1.82, 2.24) is 10.2 Å². The monoisotopic (exact) mass is 296 g/mol. The highest BCUT2D eigenvalue weighted by Crippen LogP contribution is 2.43. The third-order valence-electron chi connectivity index (χ3n) is 3.07. The van der Waals surface area contributed by atoms with Gasteiger partial charge in [-0.1, -0.05) is 0 Å². The summed E-state index contributed by atoms with van der Waals surface area (Å²) in [5.74, 6) is -3.82. The number of rotatable bonds is 3. The summed E-state index contributed by atoms with van der Waals surface area (Å²) in [6.45, 7) is 0.702. The zero-order chi connectivity index (χ0) is 15.2. The van der Waals surface area contributed by atoms with Crippen LogP contribution in [0.2, 0.25) is 0 Å². The number of halogens is 2. The molecule has 1 aliphatic heterocycles. The Kier molecular flexibility index (Phi) is 2.82. The number of carboxylic acids is 1. The van der Waals surface area contributed by atoms with Gasteiger partial charge in [0.15, 0.2) is 11.5 Å². The highest BCUT2D eigenvalue weighted by molar-refractivity contribution is 5.87. The average Bonchev–Trinajstić information content (AvgIpc) is 3.04. The molecule has 6 nitrogen and oxygen atoms in total. The Balaban J connectivity index is 2.17. The van der Waals surface area contributed by atoms with E-state index in [1.807, 2.05) is 0 Å². The van der Waals surface area contributed by atoms with Crippen LogP contribution in [-0.2, 0) is 5.92 Å². The molecule has 0 amide bonds. The molecule has 2 heterocycles. The Morgan fingerprint density at radius 1 is 1.33 bits per heavy atom. The van der Waals surface area contributed by atoms with Gasteiger partial charge in [-0.05, 0) is 18.2 Å². The molecule has 21 heavy (non-hydrogen) atoms. The molecule has 2 N–H and O–H groups in total. The smallest absolute Gasteiger partial charge is 0.353 e. The Bertz CT molecular complexity index is 721.